The van der Waals surface area contributed by atoms with Crippen LogP contribution in [0.1, 0.15) is 28.5 Å². The molecule has 2 heterocycles. The molecular formula is C11H15ClN6S. The van der Waals surface area contributed by atoms with Crippen molar-refractivity contribution in [1.82, 2.24) is 19.9 Å². The zero-order valence-electron chi connectivity index (χ0n) is 11.2. The Morgan fingerprint density at radius 2 is 1.79 bits per heavy atom. The van der Waals surface area contributed by atoms with E-state index < -0.39 is 0 Å². The molecule has 0 saturated heterocycles. The normalized spacial score (nSPS) is 12.3. The van der Waals surface area contributed by atoms with E-state index >= 15 is 0 Å². The number of aryl methyl sites for hydroxylation is 2. The van der Waals surface area contributed by atoms with Gasteiger partial charge in [-0.05, 0) is 32.4 Å². The van der Waals surface area contributed by atoms with Crippen LogP contribution in [0.3, 0.4) is 0 Å². The van der Waals surface area contributed by atoms with Gasteiger partial charge >= 0.3 is 0 Å². The van der Waals surface area contributed by atoms with Gasteiger partial charge in [0.2, 0.25) is 17.2 Å². The van der Waals surface area contributed by atoms with Gasteiger partial charge in [0.1, 0.15) is 0 Å². The van der Waals surface area contributed by atoms with E-state index in [2.05, 4.69) is 30.6 Å². The Bertz CT molecular complexity index is 585. The van der Waals surface area contributed by atoms with E-state index in [-0.39, 0.29) is 11.3 Å². The van der Waals surface area contributed by atoms with Crippen molar-refractivity contribution in [2.24, 2.45) is 0 Å². The Morgan fingerprint density at radius 3 is 2.37 bits per heavy atom. The van der Waals surface area contributed by atoms with E-state index in [0.29, 0.717) is 11.9 Å². The summed E-state index contributed by atoms with van der Waals surface area (Å²) >= 11 is 7.50. The van der Waals surface area contributed by atoms with Crippen molar-refractivity contribution in [3.05, 3.63) is 20.9 Å². The lowest BCUT2D eigenvalue weighted by Crippen LogP contribution is -2.11. The topological polar surface area (TPSA) is 75.6 Å². The van der Waals surface area contributed by atoms with Gasteiger partial charge in [0.25, 0.3) is 0 Å². The summed E-state index contributed by atoms with van der Waals surface area (Å²) in [6, 6.07) is 0.0642. The number of hydrogen-bond acceptors (Lipinski definition) is 7. The molecular weight excluding hydrogens is 284 g/mol. The molecule has 6 nitrogen and oxygen atoms in total. The molecule has 2 N–H and O–H groups in total. The van der Waals surface area contributed by atoms with Gasteiger partial charge in [-0.25, -0.2) is 4.98 Å². The van der Waals surface area contributed by atoms with E-state index in [1.807, 2.05) is 20.8 Å². The second-order valence-corrected chi connectivity index (χ2v) is 5.62. The fourth-order valence-electron chi connectivity index (χ4n) is 1.73. The predicted molar refractivity (Wildman–Crippen MR) is 78.0 cm³/mol. The van der Waals surface area contributed by atoms with Crippen LogP contribution in [0, 0.1) is 13.8 Å². The Balaban J connectivity index is 2.21. The number of aromatic nitrogens is 4. The van der Waals surface area contributed by atoms with Crippen molar-refractivity contribution >= 4 is 34.8 Å². The van der Waals surface area contributed by atoms with Crippen LogP contribution >= 0.6 is 22.9 Å². The molecule has 2 aromatic rings. The number of hydrogen-bond donors (Lipinski definition) is 2. The van der Waals surface area contributed by atoms with E-state index in [4.69, 9.17) is 11.6 Å². The van der Waals surface area contributed by atoms with Crippen molar-refractivity contribution < 1.29 is 0 Å². The fourth-order valence-corrected chi connectivity index (χ4v) is 2.82. The summed E-state index contributed by atoms with van der Waals surface area (Å²) in [4.78, 5) is 17.8. The Morgan fingerprint density at radius 1 is 1.11 bits per heavy atom. The first kappa shape index (κ1) is 14.0. The molecule has 2 aromatic heterocycles. The van der Waals surface area contributed by atoms with Crippen LogP contribution in [0.25, 0.3) is 0 Å². The van der Waals surface area contributed by atoms with Crippen LogP contribution in [0.2, 0.25) is 5.28 Å². The third-order valence-electron chi connectivity index (χ3n) is 2.51. The SMILES string of the molecule is CNc1nc(Cl)nc(NC(C)c2sc(C)nc2C)n1. The maximum atomic E-state index is 5.84. The lowest BCUT2D eigenvalue weighted by Gasteiger charge is -2.13. The number of anilines is 2. The van der Waals surface area contributed by atoms with Crippen LogP contribution < -0.4 is 10.6 Å². The molecule has 0 fully saturated rings. The second kappa shape index (κ2) is 5.66. The standard InChI is InChI=1S/C11H15ClN6S/c1-5-8(19-7(3)14-5)6(2)15-11-17-9(12)16-10(13-4)18-11/h6H,1-4H3,(H2,13,15,16,17,18). The molecule has 0 radical (unpaired) electrons. The molecule has 0 spiro atoms. The number of nitrogens with zero attached hydrogens (tertiary/aromatic N) is 4. The minimum Gasteiger partial charge on any atom is -0.357 e. The number of halogens is 1. The molecule has 1 unspecified atom stereocenters. The van der Waals surface area contributed by atoms with Crippen molar-refractivity contribution in [2.45, 2.75) is 26.8 Å². The molecule has 19 heavy (non-hydrogen) atoms. The smallest absolute Gasteiger partial charge is 0.229 e. The highest BCUT2D eigenvalue weighted by Crippen LogP contribution is 2.26. The molecule has 0 bridgehead atoms. The molecule has 0 aliphatic heterocycles. The molecule has 0 aromatic carbocycles. The third kappa shape index (κ3) is 3.30. The van der Waals surface area contributed by atoms with Gasteiger partial charge in [-0.15, -0.1) is 11.3 Å². The highest BCUT2D eigenvalue weighted by molar-refractivity contribution is 7.11. The number of nitrogens with one attached hydrogen (secondary N) is 2. The van der Waals surface area contributed by atoms with Crippen molar-refractivity contribution in [3.8, 4) is 0 Å². The van der Waals surface area contributed by atoms with Crippen LogP contribution in [0.15, 0.2) is 0 Å². The number of rotatable bonds is 4. The molecule has 102 valence electrons. The second-order valence-electron chi connectivity index (χ2n) is 4.05. The minimum absolute atomic E-state index is 0.0642. The molecule has 0 saturated carbocycles. The zero-order chi connectivity index (χ0) is 14.0. The van der Waals surface area contributed by atoms with Gasteiger partial charge < -0.3 is 10.6 Å². The first-order valence-electron chi connectivity index (χ1n) is 5.79. The summed E-state index contributed by atoms with van der Waals surface area (Å²) in [6.07, 6.45) is 0. The van der Waals surface area contributed by atoms with Gasteiger partial charge in [-0.3, -0.25) is 0 Å². The lowest BCUT2D eigenvalue weighted by atomic mass is 10.2. The summed E-state index contributed by atoms with van der Waals surface area (Å²) in [7, 11) is 1.73. The monoisotopic (exact) mass is 298 g/mol. The summed E-state index contributed by atoms with van der Waals surface area (Å²) in [5.74, 6) is 0.884. The third-order valence-corrected chi connectivity index (χ3v) is 3.93. The maximum Gasteiger partial charge on any atom is 0.229 e. The molecule has 2 rings (SSSR count). The van der Waals surface area contributed by atoms with Crippen LogP contribution in [-0.2, 0) is 0 Å². The van der Waals surface area contributed by atoms with E-state index in [9.17, 15) is 0 Å². The lowest BCUT2D eigenvalue weighted by molar-refractivity contribution is 0.859. The van der Waals surface area contributed by atoms with Gasteiger partial charge in [-0.2, -0.15) is 15.0 Å². The van der Waals surface area contributed by atoms with Gasteiger partial charge in [0, 0.05) is 11.9 Å². The quantitative estimate of drug-likeness (QED) is 0.904. The average molecular weight is 299 g/mol. The molecule has 1 atom stereocenters. The maximum absolute atomic E-state index is 5.84. The summed E-state index contributed by atoms with van der Waals surface area (Å²) in [5, 5.41) is 7.26. The molecule has 8 heteroatoms. The Labute approximate surface area is 120 Å². The van der Waals surface area contributed by atoms with E-state index in [1.165, 1.54) is 4.88 Å². The molecule has 0 amide bonds. The molecule has 0 aliphatic carbocycles. The van der Waals surface area contributed by atoms with Crippen molar-refractivity contribution in [3.63, 3.8) is 0 Å². The van der Waals surface area contributed by atoms with Gasteiger partial charge in [0.05, 0.1) is 16.7 Å². The summed E-state index contributed by atoms with van der Waals surface area (Å²) < 4.78 is 0. The zero-order valence-corrected chi connectivity index (χ0v) is 12.7. The van der Waals surface area contributed by atoms with Crippen LogP contribution in [0.5, 0.6) is 0 Å². The average Bonchev–Trinajstić information content (AvgIpc) is 2.67. The van der Waals surface area contributed by atoms with Gasteiger partial charge in [-0.1, -0.05) is 0 Å². The number of thiazole rings is 1. The van der Waals surface area contributed by atoms with Crippen LogP contribution in [0.4, 0.5) is 11.9 Å². The summed E-state index contributed by atoms with van der Waals surface area (Å²) in [5.41, 5.74) is 1.02. The van der Waals surface area contributed by atoms with Crippen molar-refractivity contribution in [2.75, 3.05) is 17.7 Å². The highest BCUT2D eigenvalue weighted by Gasteiger charge is 2.14. The minimum atomic E-state index is 0.0642. The van der Waals surface area contributed by atoms with E-state index in [0.717, 1.165) is 10.7 Å². The fraction of sp³-hybridized carbons (Fsp3) is 0.455. The van der Waals surface area contributed by atoms with Gasteiger partial charge in [0.15, 0.2) is 0 Å². The molecule has 0 aliphatic rings. The van der Waals surface area contributed by atoms with Crippen LogP contribution in [-0.4, -0.2) is 27.0 Å². The first-order chi connectivity index (χ1) is 8.99. The Hall–Kier alpha value is -1.47. The first-order valence-corrected chi connectivity index (χ1v) is 6.99. The van der Waals surface area contributed by atoms with E-state index in [1.54, 1.807) is 18.4 Å². The highest BCUT2D eigenvalue weighted by atomic mass is 35.5. The summed E-state index contributed by atoms with van der Waals surface area (Å²) in [6.45, 7) is 6.03. The Kier molecular flexibility index (Phi) is 4.16. The van der Waals surface area contributed by atoms with Crippen molar-refractivity contribution in [1.29, 1.82) is 0 Å². The predicted octanol–water partition coefficient (Wildman–Crippen LogP) is 2.81. The largest absolute Gasteiger partial charge is 0.357 e.